The van der Waals surface area contributed by atoms with E-state index in [-0.39, 0.29) is 0 Å². The summed E-state index contributed by atoms with van der Waals surface area (Å²) in [5.41, 5.74) is 11.2. The van der Waals surface area contributed by atoms with Crippen LogP contribution in [-0.2, 0) is 12.4 Å². The van der Waals surface area contributed by atoms with E-state index in [0.717, 1.165) is 89.7 Å². The third-order valence-electron chi connectivity index (χ3n) is 14.4. The molecule has 11 aromatic carbocycles. The minimum Gasteiger partial charge on any atom is -0.166 e. The van der Waals surface area contributed by atoms with Crippen LogP contribution in [0.1, 0.15) is 35.1 Å². The fraction of sp³-hybridized carbons (Fsp3) is 0.0588. The van der Waals surface area contributed by atoms with Crippen LogP contribution in [0.3, 0.4) is 0 Å². The molecular formula is C68H44F6. The molecule has 6 heteroatoms. The summed E-state index contributed by atoms with van der Waals surface area (Å²) in [4.78, 5) is 0. The Morgan fingerprint density at radius 1 is 0.243 bits per heavy atom. The smallest absolute Gasteiger partial charge is 0.166 e. The second-order valence-electron chi connectivity index (χ2n) is 18.9. The van der Waals surface area contributed by atoms with Crippen molar-refractivity contribution in [1.29, 1.82) is 0 Å². The standard InChI is InChI=1S/C68H44F6/c69-67(70,71)55-25-13-23-53(39-55)63-60-42-52(46-21-11-4-12-22-46)36-38-58(60)62(50-33-29-48(30-34-50)44-17-7-2-8-18-44)66-64(54-24-14-26-56(40-54)68(72,73)74)59-41-51(45-19-9-3-10-20-45)35-37-57(59)61(65(63)66)49-31-27-47(28-32-49)43-15-5-1-6-16-43/h1-29,31-33,35-42H,30,34H2. The van der Waals surface area contributed by atoms with Gasteiger partial charge in [0.05, 0.1) is 11.1 Å². The van der Waals surface area contributed by atoms with Gasteiger partial charge in [0.15, 0.2) is 0 Å². The van der Waals surface area contributed by atoms with Crippen molar-refractivity contribution < 1.29 is 26.3 Å². The Bertz CT molecular complexity index is 3980. The van der Waals surface area contributed by atoms with Gasteiger partial charge in [-0.25, -0.2) is 0 Å². The number of fused-ring (bicyclic) bond motifs is 3. The van der Waals surface area contributed by atoms with Crippen LogP contribution < -0.4 is 0 Å². The van der Waals surface area contributed by atoms with Crippen LogP contribution >= 0.6 is 0 Å². The highest BCUT2D eigenvalue weighted by Gasteiger charge is 2.34. The summed E-state index contributed by atoms with van der Waals surface area (Å²) in [7, 11) is 0. The van der Waals surface area contributed by atoms with E-state index in [1.165, 1.54) is 24.3 Å². The van der Waals surface area contributed by atoms with Gasteiger partial charge in [0.2, 0.25) is 0 Å². The van der Waals surface area contributed by atoms with E-state index in [0.29, 0.717) is 56.6 Å². The van der Waals surface area contributed by atoms with Gasteiger partial charge >= 0.3 is 12.4 Å². The van der Waals surface area contributed by atoms with Gasteiger partial charge in [0.1, 0.15) is 0 Å². The molecule has 11 aromatic rings. The first-order chi connectivity index (χ1) is 36.0. The molecule has 12 rings (SSSR count). The molecular weight excluding hydrogens is 931 g/mol. The highest BCUT2D eigenvalue weighted by atomic mass is 19.4. The lowest BCUT2D eigenvalue weighted by Crippen LogP contribution is -2.06. The zero-order chi connectivity index (χ0) is 50.6. The number of rotatable bonds is 8. The molecule has 0 atom stereocenters. The van der Waals surface area contributed by atoms with Gasteiger partial charge < -0.3 is 0 Å². The van der Waals surface area contributed by atoms with E-state index < -0.39 is 23.5 Å². The van der Waals surface area contributed by atoms with Crippen LogP contribution in [0, 0.1) is 0 Å². The number of hydrogen-bond acceptors (Lipinski definition) is 0. The lowest BCUT2D eigenvalue weighted by Gasteiger charge is -2.28. The number of allylic oxidation sites excluding steroid dienone is 4. The van der Waals surface area contributed by atoms with Crippen LogP contribution in [-0.4, -0.2) is 0 Å². The predicted octanol–water partition coefficient (Wildman–Crippen LogP) is 20.4. The molecule has 0 aliphatic heterocycles. The maximum atomic E-state index is 15.1. The molecule has 0 radical (unpaired) electrons. The highest BCUT2D eigenvalue weighted by molar-refractivity contribution is 6.32. The Hall–Kier alpha value is -8.74. The third-order valence-corrected chi connectivity index (χ3v) is 14.4. The second kappa shape index (κ2) is 18.7. The monoisotopic (exact) mass is 974 g/mol. The molecule has 74 heavy (non-hydrogen) atoms. The van der Waals surface area contributed by atoms with Crippen LogP contribution in [0.4, 0.5) is 26.3 Å². The van der Waals surface area contributed by atoms with Crippen LogP contribution in [0.15, 0.2) is 243 Å². The van der Waals surface area contributed by atoms with Gasteiger partial charge in [-0.2, -0.15) is 26.3 Å². The summed E-state index contributed by atoms with van der Waals surface area (Å²) >= 11 is 0. The van der Waals surface area contributed by atoms with Crippen molar-refractivity contribution in [3.8, 4) is 66.8 Å². The first-order valence-electron chi connectivity index (χ1n) is 24.6. The minimum absolute atomic E-state index is 0.327. The number of halogens is 6. The lowest BCUT2D eigenvalue weighted by atomic mass is 9.75. The SMILES string of the molecule is FC(F)(F)c1cccc(-c2c3cc(-c4ccccc4)ccc3c(-c3ccc(-c4ccccc4)cc3)c3c(-c4cccc(C(F)(F)F)c4)c4cc(-c5ccccc5)ccc4c(C4=CC=C(c5ccccc5)CC4)c23)c1. The molecule has 0 bridgehead atoms. The zero-order valence-corrected chi connectivity index (χ0v) is 39.8. The molecule has 1 aliphatic rings. The normalized spacial score (nSPS) is 13.1. The molecule has 0 unspecified atom stereocenters. The Morgan fingerprint density at radius 2 is 0.581 bits per heavy atom. The van der Waals surface area contributed by atoms with Crippen molar-refractivity contribution in [3.05, 3.63) is 265 Å². The van der Waals surface area contributed by atoms with Crippen molar-refractivity contribution in [2.24, 2.45) is 0 Å². The quantitative estimate of drug-likeness (QED) is 0.105. The summed E-state index contributed by atoms with van der Waals surface area (Å²) < 4.78 is 90.5. The van der Waals surface area contributed by atoms with Crippen molar-refractivity contribution in [1.82, 2.24) is 0 Å². The lowest BCUT2D eigenvalue weighted by molar-refractivity contribution is -0.138. The van der Waals surface area contributed by atoms with Crippen molar-refractivity contribution in [2.75, 3.05) is 0 Å². The highest BCUT2D eigenvalue weighted by Crippen LogP contribution is 2.55. The van der Waals surface area contributed by atoms with Gasteiger partial charge in [-0.15, -0.1) is 0 Å². The predicted molar refractivity (Wildman–Crippen MR) is 293 cm³/mol. The Labute approximate surface area is 424 Å². The molecule has 0 spiro atoms. The van der Waals surface area contributed by atoms with Crippen molar-refractivity contribution in [2.45, 2.75) is 25.2 Å². The molecule has 0 nitrogen and oxygen atoms in total. The average Bonchev–Trinajstić information content (AvgIpc) is 3.45. The molecule has 0 saturated carbocycles. The second-order valence-corrected chi connectivity index (χ2v) is 18.9. The van der Waals surface area contributed by atoms with Crippen LogP contribution in [0.25, 0.3) is 110 Å². The molecule has 1 aliphatic carbocycles. The molecule has 0 amide bonds. The fourth-order valence-corrected chi connectivity index (χ4v) is 11.0. The van der Waals surface area contributed by atoms with Crippen LogP contribution in [0.2, 0.25) is 0 Å². The van der Waals surface area contributed by atoms with Crippen molar-refractivity contribution >= 4 is 43.5 Å². The molecule has 0 N–H and O–H groups in total. The van der Waals surface area contributed by atoms with E-state index in [2.05, 4.69) is 66.7 Å². The van der Waals surface area contributed by atoms with Gasteiger partial charge in [-0.3, -0.25) is 0 Å². The minimum atomic E-state index is -4.67. The van der Waals surface area contributed by atoms with Gasteiger partial charge in [-0.05, 0) is 171 Å². The number of benzene rings is 11. The molecule has 0 heterocycles. The van der Waals surface area contributed by atoms with Crippen molar-refractivity contribution in [3.63, 3.8) is 0 Å². The Morgan fingerprint density at radius 3 is 1.03 bits per heavy atom. The maximum absolute atomic E-state index is 15.1. The Kier molecular flexibility index (Phi) is 11.7. The summed E-state index contributed by atoms with van der Waals surface area (Å²) in [5, 5.41) is 4.20. The summed E-state index contributed by atoms with van der Waals surface area (Å²) in [6.45, 7) is 0. The van der Waals surface area contributed by atoms with E-state index >= 15 is 26.3 Å². The van der Waals surface area contributed by atoms with E-state index in [1.54, 1.807) is 12.1 Å². The molecule has 358 valence electrons. The number of hydrogen-bond donors (Lipinski definition) is 0. The topological polar surface area (TPSA) is 0 Å². The molecule has 0 aromatic heterocycles. The van der Waals surface area contributed by atoms with E-state index in [9.17, 15) is 0 Å². The first kappa shape index (κ1) is 46.3. The van der Waals surface area contributed by atoms with Crippen LogP contribution in [0.5, 0.6) is 0 Å². The average molecular weight is 975 g/mol. The Balaban J connectivity index is 1.34. The largest absolute Gasteiger partial charge is 0.416 e. The zero-order valence-electron chi connectivity index (χ0n) is 39.8. The first-order valence-corrected chi connectivity index (χ1v) is 24.6. The van der Waals surface area contributed by atoms with Gasteiger partial charge in [-0.1, -0.05) is 206 Å². The third kappa shape index (κ3) is 8.56. The molecule has 0 saturated heterocycles. The fourth-order valence-electron chi connectivity index (χ4n) is 11.0. The van der Waals surface area contributed by atoms with Gasteiger partial charge in [0, 0.05) is 0 Å². The summed E-state index contributed by atoms with van der Waals surface area (Å²) in [6, 6.07) is 71.4. The summed E-state index contributed by atoms with van der Waals surface area (Å²) in [5.74, 6) is 0. The summed E-state index contributed by atoms with van der Waals surface area (Å²) in [6.07, 6.45) is -3.83. The maximum Gasteiger partial charge on any atom is 0.416 e. The van der Waals surface area contributed by atoms with E-state index in [4.69, 9.17) is 0 Å². The molecule has 0 fully saturated rings. The van der Waals surface area contributed by atoms with E-state index in [1.807, 2.05) is 127 Å². The van der Waals surface area contributed by atoms with Gasteiger partial charge in [0.25, 0.3) is 0 Å². The number of alkyl halides is 6.